The summed E-state index contributed by atoms with van der Waals surface area (Å²) in [6, 6.07) is 0. The molecule has 1 heterocycles. The zero-order chi connectivity index (χ0) is 23.3. The van der Waals surface area contributed by atoms with Crippen molar-refractivity contribution in [2.24, 2.45) is 0 Å². The summed E-state index contributed by atoms with van der Waals surface area (Å²) >= 11 is 0. The molecule has 8 nitrogen and oxygen atoms in total. The molecule has 1 saturated heterocycles. The van der Waals surface area contributed by atoms with E-state index in [4.69, 9.17) is 0 Å². The molecule has 1 aliphatic rings. The fourth-order valence-electron chi connectivity index (χ4n) is 1.84. The van der Waals surface area contributed by atoms with E-state index in [-0.39, 0.29) is 17.4 Å². The number of nitrogens with zero attached hydrogens (tertiary/aromatic N) is 2. The quantitative estimate of drug-likeness (QED) is 0.501. The lowest BCUT2D eigenvalue weighted by atomic mass is 10.3. The highest BCUT2D eigenvalue weighted by molar-refractivity contribution is 8.02. The second kappa shape index (κ2) is 7.77. The molecule has 0 bridgehead atoms. The first kappa shape index (κ1) is 26.3. The first-order valence-electron chi connectivity index (χ1n) is 6.95. The molecular formula is C9H12F9N3O5S3. The van der Waals surface area contributed by atoms with E-state index in [1.807, 2.05) is 0 Å². The van der Waals surface area contributed by atoms with E-state index in [1.165, 1.54) is 11.9 Å². The van der Waals surface area contributed by atoms with E-state index >= 15 is 0 Å². The predicted molar refractivity (Wildman–Crippen MR) is 79.1 cm³/mol. The Morgan fingerprint density at radius 3 is 1.62 bits per heavy atom. The maximum absolute atomic E-state index is 14.0. The summed E-state index contributed by atoms with van der Waals surface area (Å²) < 4.78 is 175. The van der Waals surface area contributed by atoms with Gasteiger partial charge in [-0.1, -0.05) is 0 Å². The average molecular weight is 509 g/mol. The van der Waals surface area contributed by atoms with Crippen molar-refractivity contribution in [2.75, 3.05) is 33.2 Å². The van der Waals surface area contributed by atoms with Crippen LogP contribution < -0.4 is 4.13 Å². The minimum atomic E-state index is -7.07. The van der Waals surface area contributed by atoms with E-state index in [0.29, 0.717) is 0 Å². The van der Waals surface area contributed by atoms with Crippen molar-refractivity contribution in [3.8, 4) is 0 Å². The van der Waals surface area contributed by atoms with Crippen molar-refractivity contribution in [1.82, 2.24) is 13.3 Å². The predicted octanol–water partition coefficient (Wildman–Crippen LogP) is 0.487. The Morgan fingerprint density at radius 2 is 1.24 bits per heavy atom. The Bertz CT molecular complexity index is 850. The van der Waals surface area contributed by atoms with Gasteiger partial charge in [0.2, 0.25) is 0 Å². The number of hydrogen-bond acceptors (Lipinski definition) is 6. The molecule has 1 aliphatic heterocycles. The largest absolute Gasteiger partial charge is 0.512 e. The standard InChI is InChI=1S/C9H12F9N3O5S3/c1-20-2-4-21(5-3-20)29(25,26)8(14,15)6(10,11)7(12,13)27(22)19-28(23,24)9(16,17)18/h19H,2-5H2,1H3. The zero-order valence-corrected chi connectivity index (χ0v) is 16.3. The van der Waals surface area contributed by atoms with Gasteiger partial charge in [-0.15, -0.1) is 4.13 Å². The smallest absolute Gasteiger partial charge is 0.304 e. The van der Waals surface area contributed by atoms with E-state index in [2.05, 4.69) is 0 Å². The van der Waals surface area contributed by atoms with Crippen LogP contribution in [0.1, 0.15) is 0 Å². The molecule has 1 rings (SSSR count). The molecule has 1 fully saturated rings. The molecule has 0 saturated carbocycles. The number of likely N-dealkylation sites (N-methyl/N-ethyl adjacent to an activating group) is 1. The van der Waals surface area contributed by atoms with E-state index in [9.17, 15) is 60.6 Å². The monoisotopic (exact) mass is 509 g/mol. The van der Waals surface area contributed by atoms with Gasteiger partial charge in [-0.3, -0.25) is 0 Å². The number of sulfonamides is 2. The topological polar surface area (TPSA) is 104 Å². The molecule has 0 spiro atoms. The van der Waals surface area contributed by atoms with Crippen molar-refractivity contribution < 1.29 is 60.6 Å². The van der Waals surface area contributed by atoms with E-state index in [1.54, 1.807) is 0 Å². The Kier molecular flexibility index (Phi) is 7.06. The maximum atomic E-state index is 14.0. The number of halogens is 9. The third-order valence-electron chi connectivity index (χ3n) is 3.58. The normalized spacial score (nSPS) is 20.6. The van der Waals surface area contributed by atoms with Crippen LogP contribution in [-0.2, 0) is 31.0 Å². The molecule has 29 heavy (non-hydrogen) atoms. The summed E-state index contributed by atoms with van der Waals surface area (Å²) in [4.78, 5) is 1.39. The number of alkyl halides is 9. The van der Waals surface area contributed by atoms with Gasteiger partial charge in [0.15, 0.2) is 11.0 Å². The van der Waals surface area contributed by atoms with Crippen LogP contribution in [0.2, 0.25) is 0 Å². The molecular weight excluding hydrogens is 497 g/mol. The summed E-state index contributed by atoms with van der Waals surface area (Å²) in [7, 11) is -17.4. The highest BCUT2D eigenvalue weighted by atomic mass is 32.3. The summed E-state index contributed by atoms with van der Waals surface area (Å²) in [5, 5.41) is -13.4. The van der Waals surface area contributed by atoms with Gasteiger partial charge < -0.3 is 4.90 Å². The van der Waals surface area contributed by atoms with E-state index in [0.717, 1.165) is 0 Å². The van der Waals surface area contributed by atoms with Gasteiger partial charge in [-0.2, -0.15) is 43.8 Å². The van der Waals surface area contributed by atoms with Gasteiger partial charge in [0.25, 0.3) is 10.0 Å². The van der Waals surface area contributed by atoms with Gasteiger partial charge in [-0.05, 0) is 7.05 Å². The second-order valence-corrected chi connectivity index (χ2v) is 10.8. The molecule has 0 aliphatic carbocycles. The highest BCUT2D eigenvalue weighted by Gasteiger charge is 2.81. The number of hydrogen-bond donors (Lipinski definition) is 1. The van der Waals surface area contributed by atoms with Crippen LogP contribution in [0.4, 0.5) is 39.5 Å². The van der Waals surface area contributed by atoms with Crippen molar-refractivity contribution >= 4 is 31.0 Å². The molecule has 0 radical (unpaired) electrons. The van der Waals surface area contributed by atoms with Crippen molar-refractivity contribution in [1.29, 1.82) is 0 Å². The molecule has 174 valence electrons. The van der Waals surface area contributed by atoms with E-state index < -0.39 is 70.2 Å². The molecule has 0 aromatic rings. The van der Waals surface area contributed by atoms with Crippen molar-refractivity contribution in [3.63, 3.8) is 0 Å². The molecule has 1 N–H and O–H groups in total. The zero-order valence-electron chi connectivity index (χ0n) is 13.9. The van der Waals surface area contributed by atoms with Gasteiger partial charge in [0.1, 0.15) is 0 Å². The van der Waals surface area contributed by atoms with Crippen LogP contribution in [-0.4, -0.2) is 85.4 Å². The van der Waals surface area contributed by atoms with Gasteiger partial charge in [0, 0.05) is 26.2 Å². The first-order valence-corrected chi connectivity index (χ1v) is 11.0. The lowest BCUT2D eigenvalue weighted by molar-refractivity contribution is -0.243. The number of rotatable bonds is 7. The van der Waals surface area contributed by atoms with Crippen LogP contribution in [0, 0.1) is 0 Å². The Balaban J connectivity index is 3.30. The highest BCUT2D eigenvalue weighted by Crippen LogP contribution is 2.50. The van der Waals surface area contributed by atoms with Crippen LogP contribution in [0.5, 0.6) is 0 Å². The summed E-state index contributed by atoms with van der Waals surface area (Å²) in [5.41, 5.74) is -6.40. The third-order valence-corrected chi connectivity index (χ3v) is 8.34. The second-order valence-electron chi connectivity index (χ2n) is 5.62. The molecule has 1 atom stereocenters. The van der Waals surface area contributed by atoms with Crippen molar-refractivity contribution in [2.45, 2.75) is 21.9 Å². The number of piperazine rings is 1. The lowest BCUT2D eigenvalue weighted by Crippen LogP contribution is -2.65. The average Bonchev–Trinajstić information content (AvgIpc) is 2.53. The molecule has 1 unspecified atom stereocenters. The van der Waals surface area contributed by atoms with Crippen LogP contribution in [0.15, 0.2) is 0 Å². The minimum absolute atomic E-state index is 0.241. The number of nitrogens with one attached hydrogen (secondary N) is 1. The van der Waals surface area contributed by atoms with Gasteiger partial charge >= 0.3 is 32.0 Å². The summed E-state index contributed by atoms with van der Waals surface area (Å²) in [6.07, 6.45) is 0. The summed E-state index contributed by atoms with van der Waals surface area (Å²) in [6.45, 7) is -2.09. The van der Waals surface area contributed by atoms with Crippen LogP contribution in [0.25, 0.3) is 0 Å². The fourth-order valence-corrected chi connectivity index (χ4v) is 5.28. The fraction of sp³-hybridized carbons (Fsp3) is 1.00. The Labute approximate surface area is 160 Å². The van der Waals surface area contributed by atoms with Crippen LogP contribution >= 0.6 is 0 Å². The first-order chi connectivity index (χ1) is 12.6. The molecule has 0 aromatic carbocycles. The Morgan fingerprint density at radius 1 is 0.828 bits per heavy atom. The molecule has 0 aromatic heterocycles. The SMILES string of the molecule is CN1CCN(S(=O)(=O)C(F)(F)C(F)(F)C(F)(F)S(=O)NS(=O)(=O)C(F)(F)F)CC1. The molecule has 0 amide bonds. The van der Waals surface area contributed by atoms with Crippen molar-refractivity contribution in [3.05, 3.63) is 0 Å². The van der Waals surface area contributed by atoms with Crippen LogP contribution in [0.3, 0.4) is 0 Å². The maximum Gasteiger partial charge on any atom is 0.512 e. The van der Waals surface area contributed by atoms with Gasteiger partial charge in [-0.25, -0.2) is 21.0 Å². The lowest BCUT2D eigenvalue weighted by Gasteiger charge is -2.37. The Hall–Kier alpha value is -0.700. The summed E-state index contributed by atoms with van der Waals surface area (Å²) in [5.74, 6) is -7.07. The molecule has 20 heteroatoms. The van der Waals surface area contributed by atoms with Gasteiger partial charge in [0.05, 0.1) is 0 Å². The minimum Gasteiger partial charge on any atom is -0.304 e. The third kappa shape index (κ3) is 4.50.